The number of carbonyl (C=O) groups excluding carboxylic acids is 3. The SMILES string of the molecule is COc1ccc(C)cc1N1C[C@@H](C(=O)O[C@@H](C)C(=O)NC2CCCCCC2)CC1=O. The fourth-order valence-corrected chi connectivity index (χ4v) is 4.18. The van der Waals surface area contributed by atoms with Crippen LogP contribution in [0, 0.1) is 12.8 Å². The molecule has 1 N–H and O–H groups in total. The van der Waals surface area contributed by atoms with Crippen LogP contribution >= 0.6 is 0 Å². The average molecular weight is 417 g/mol. The first-order valence-corrected chi connectivity index (χ1v) is 10.8. The first kappa shape index (κ1) is 22.1. The molecule has 0 spiro atoms. The fraction of sp³-hybridized carbons (Fsp3) is 0.609. The maximum Gasteiger partial charge on any atom is 0.312 e. The summed E-state index contributed by atoms with van der Waals surface area (Å²) >= 11 is 0. The summed E-state index contributed by atoms with van der Waals surface area (Å²) in [5, 5.41) is 3.01. The largest absolute Gasteiger partial charge is 0.495 e. The number of anilines is 1. The third-order valence-corrected chi connectivity index (χ3v) is 5.95. The van der Waals surface area contributed by atoms with E-state index in [0.717, 1.165) is 31.2 Å². The lowest BCUT2D eigenvalue weighted by molar-refractivity contribution is -0.158. The Morgan fingerprint density at radius 3 is 2.53 bits per heavy atom. The van der Waals surface area contributed by atoms with Crippen LogP contribution in [0.25, 0.3) is 0 Å². The summed E-state index contributed by atoms with van der Waals surface area (Å²) in [6, 6.07) is 5.73. The smallest absolute Gasteiger partial charge is 0.312 e. The van der Waals surface area contributed by atoms with Crippen molar-refractivity contribution in [3.63, 3.8) is 0 Å². The molecular weight excluding hydrogens is 384 g/mol. The summed E-state index contributed by atoms with van der Waals surface area (Å²) in [4.78, 5) is 39.2. The summed E-state index contributed by atoms with van der Waals surface area (Å²) < 4.78 is 10.8. The zero-order valence-electron chi connectivity index (χ0n) is 18.1. The summed E-state index contributed by atoms with van der Waals surface area (Å²) in [6.07, 6.45) is 5.76. The Hall–Kier alpha value is -2.57. The molecule has 2 amide bonds. The van der Waals surface area contributed by atoms with Crippen LogP contribution in [0.2, 0.25) is 0 Å². The van der Waals surface area contributed by atoms with Crippen LogP contribution in [0.4, 0.5) is 5.69 Å². The molecule has 1 saturated heterocycles. The molecule has 30 heavy (non-hydrogen) atoms. The number of hydrogen-bond acceptors (Lipinski definition) is 5. The van der Waals surface area contributed by atoms with Gasteiger partial charge in [-0.25, -0.2) is 0 Å². The average Bonchev–Trinajstić information content (AvgIpc) is 2.93. The van der Waals surface area contributed by atoms with Crippen molar-refractivity contribution >= 4 is 23.5 Å². The highest BCUT2D eigenvalue weighted by molar-refractivity contribution is 6.00. The Bertz CT molecular complexity index is 786. The fourth-order valence-electron chi connectivity index (χ4n) is 4.18. The third-order valence-electron chi connectivity index (χ3n) is 5.95. The monoisotopic (exact) mass is 416 g/mol. The Kier molecular flexibility index (Phi) is 7.34. The second-order valence-electron chi connectivity index (χ2n) is 8.36. The van der Waals surface area contributed by atoms with Crippen molar-refractivity contribution in [3.8, 4) is 5.75 Å². The van der Waals surface area contributed by atoms with E-state index >= 15 is 0 Å². The maximum atomic E-state index is 12.6. The number of methoxy groups -OCH3 is 1. The van der Waals surface area contributed by atoms with Crippen molar-refractivity contribution in [1.82, 2.24) is 5.32 Å². The van der Waals surface area contributed by atoms with Gasteiger partial charge in [0.15, 0.2) is 6.10 Å². The highest BCUT2D eigenvalue weighted by atomic mass is 16.5. The first-order chi connectivity index (χ1) is 14.4. The molecule has 1 aromatic rings. The van der Waals surface area contributed by atoms with E-state index in [-0.39, 0.29) is 30.8 Å². The molecule has 0 unspecified atom stereocenters. The van der Waals surface area contributed by atoms with Gasteiger partial charge in [-0.2, -0.15) is 0 Å². The van der Waals surface area contributed by atoms with Gasteiger partial charge in [-0.1, -0.05) is 31.7 Å². The zero-order valence-corrected chi connectivity index (χ0v) is 18.1. The summed E-state index contributed by atoms with van der Waals surface area (Å²) in [5.74, 6) is -0.954. The van der Waals surface area contributed by atoms with Crippen LogP contribution in [-0.4, -0.2) is 43.6 Å². The number of ether oxygens (including phenoxy) is 2. The molecule has 2 aliphatic rings. The predicted molar refractivity (Wildman–Crippen MR) is 113 cm³/mol. The van der Waals surface area contributed by atoms with E-state index in [1.807, 2.05) is 25.1 Å². The van der Waals surface area contributed by atoms with Crippen molar-refractivity contribution in [2.45, 2.75) is 70.9 Å². The standard InChI is InChI=1S/C23H32N2O5/c1-15-10-11-20(29-3)19(12-15)25-14-17(13-21(25)26)23(28)30-16(2)22(27)24-18-8-6-4-5-7-9-18/h10-12,16-18H,4-9,13-14H2,1-3H3,(H,24,27)/t16-,17-/m0/s1. The number of amides is 2. The van der Waals surface area contributed by atoms with E-state index in [9.17, 15) is 14.4 Å². The number of hydrogen-bond donors (Lipinski definition) is 1. The van der Waals surface area contributed by atoms with Crippen molar-refractivity contribution in [3.05, 3.63) is 23.8 Å². The molecule has 0 radical (unpaired) electrons. The molecular formula is C23H32N2O5. The molecule has 0 bridgehead atoms. The second kappa shape index (κ2) is 9.96. The zero-order chi connectivity index (χ0) is 21.7. The van der Waals surface area contributed by atoms with E-state index < -0.39 is 18.0 Å². The molecule has 7 heteroatoms. The molecule has 2 atom stereocenters. The van der Waals surface area contributed by atoms with E-state index in [1.165, 1.54) is 12.8 Å². The Morgan fingerprint density at radius 1 is 1.17 bits per heavy atom. The second-order valence-corrected chi connectivity index (χ2v) is 8.36. The summed E-state index contributed by atoms with van der Waals surface area (Å²) in [5.41, 5.74) is 1.64. The normalized spacial score (nSPS) is 21.1. The Labute approximate surface area is 178 Å². The molecule has 1 aliphatic heterocycles. The number of carbonyl (C=O) groups is 3. The number of aryl methyl sites for hydroxylation is 1. The number of nitrogens with one attached hydrogen (secondary N) is 1. The predicted octanol–water partition coefficient (Wildman–Crippen LogP) is 3.13. The van der Waals surface area contributed by atoms with Crippen molar-refractivity contribution < 1.29 is 23.9 Å². The van der Waals surface area contributed by atoms with E-state index in [0.29, 0.717) is 11.4 Å². The van der Waals surface area contributed by atoms with E-state index in [4.69, 9.17) is 9.47 Å². The molecule has 1 aliphatic carbocycles. The van der Waals surface area contributed by atoms with Gasteiger partial charge in [0.1, 0.15) is 5.75 Å². The van der Waals surface area contributed by atoms with Crippen LogP contribution in [0.5, 0.6) is 5.75 Å². The van der Waals surface area contributed by atoms with Crippen LogP contribution in [0.15, 0.2) is 18.2 Å². The molecule has 2 fully saturated rings. The van der Waals surface area contributed by atoms with Crippen LogP contribution in [-0.2, 0) is 19.1 Å². The summed E-state index contributed by atoms with van der Waals surface area (Å²) in [7, 11) is 1.55. The number of esters is 1. The van der Waals surface area contributed by atoms with Gasteiger partial charge in [0, 0.05) is 19.0 Å². The quantitative estimate of drug-likeness (QED) is 0.569. The van der Waals surface area contributed by atoms with Crippen LogP contribution in [0.3, 0.4) is 0 Å². The topological polar surface area (TPSA) is 84.9 Å². The van der Waals surface area contributed by atoms with Crippen LogP contribution in [0.1, 0.15) is 57.4 Å². The number of benzene rings is 1. The van der Waals surface area contributed by atoms with E-state index in [2.05, 4.69) is 5.32 Å². The van der Waals surface area contributed by atoms with Crippen LogP contribution < -0.4 is 15.0 Å². The molecule has 1 heterocycles. The van der Waals surface area contributed by atoms with Gasteiger partial charge < -0.3 is 19.7 Å². The van der Waals surface area contributed by atoms with Gasteiger partial charge in [-0.3, -0.25) is 14.4 Å². The first-order valence-electron chi connectivity index (χ1n) is 10.8. The van der Waals surface area contributed by atoms with Gasteiger partial charge in [-0.15, -0.1) is 0 Å². The summed E-state index contributed by atoms with van der Waals surface area (Å²) in [6.45, 7) is 3.74. The van der Waals surface area contributed by atoms with E-state index in [1.54, 1.807) is 18.9 Å². The minimum atomic E-state index is -0.876. The Morgan fingerprint density at radius 2 is 1.87 bits per heavy atom. The maximum absolute atomic E-state index is 12.6. The van der Waals surface area contributed by atoms with Gasteiger partial charge in [0.2, 0.25) is 5.91 Å². The lowest BCUT2D eigenvalue weighted by Crippen LogP contribution is -2.42. The van der Waals surface area contributed by atoms with Gasteiger partial charge >= 0.3 is 5.97 Å². The third kappa shape index (κ3) is 5.32. The number of rotatable bonds is 6. The molecule has 3 rings (SSSR count). The molecule has 1 saturated carbocycles. The molecule has 164 valence electrons. The minimum Gasteiger partial charge on any atom is -0.495 e. The Balaban J connectivity index is 1.57. The minimum absolute atomic E-state index is 0.0624. The van der Waals surface area contributed by atoms with Crippen molar-refractivity contribution in [1.29, 1.82) is 0 Å². The van der Waals surface area contributed by atoms with Gasteiger partial charge in [0.05, 0.1) is 18.7 Å². The lowest BCUT2D eigenvalue weighted by Gasteiger charge is -2.21. The highest BCUT2D eigenvalue weighted by Crippen LogP contribution is 2.34. The van der Waals surface area contributed by atoms with Crippen molar-refractivity contribution in [2.75, 3.05) is 18.6 Å². The van der Waals surface area contributed by atoms with Crippen molar-refractivity contribution in [2.24, 2.45) is 5.92 Å². The van der Waals surface area contributed by atoms with Gasteiger partial charge in [-0.05, 0) is 44.4 Å². The van der Waals surface area contributed by atoms with Gasteiger partial charge in [0.25, 0.3) is 5.91 Å². The number of nitrogens with zero attached hydrogens (tertiary/aromatic N) is 1. The molecule has 0 aromatic heterocycles. The lowest BCUT2D eigenvalue weighted by atomic mass is 10.1. The highest BCUT2D eigenvalue weighted by Gasteiger charge is 2.38. The molecule has 1 aromatic carbocycles. The molecule has 7 nitrogen and oxygen atoms in total.